The average Bonchev–Trinajstić information content (AvgIpc) is 2.75. The second-order valence-electron chi connectivity index (χ2n) is 7.82. The summed E-state index contributed by atoms with van der Waals surface area (Å²) < 4.78 is 26.2. The Morgan fingerprint density at radius 3 is 2.24 bits per heavy atom. The van der Waals surface area contributed by atoms with E-state index < -0.39 is 28.5 Å². The van der Waals surface area contributed by atoms with Gasteiger partial charge >= 0.3 is 0 Å². The van der Waals surface area contributed by atoms with E-state index in [1.165, 1.54) is 11.0 Å². The third kappa shape index (κ3) is 7.62. The number of aryl methyl sites for hydroxylation is 1. The van der Waals surface area contributed by atoms with E-state index in [2.05, 4.69) is 5.32 Å². The summed E-state index contributed by atoms with van der Waals surface area (Å²) in [7, 11) is -3.82. The largest absolute Gasteiger partial charge is 0.354 e. The molecule has 0 spiro atoms. The highest BCUT2D eigenvalue weighted by Gasteiger charge is 2.30. The zero-order valence-corrected chi connectivity index (χ0v) is 21.5. The molecule has 1 N–H and O–H groups in total. The van der Waals surface area contributed by atoms with Gasteiger partial charge in [-0.2, -0.15) is 0 Å². The molecule has 0 aliphatic carbocycles. The van der Waals surface area contributed by atoms with Crippen molar-refractivity contribution in [1.29, 1.82) is 0 Å². The maximum absolute atomic E-state index is 13.4. The molecule has 0 saturated carbocycles. The minimum Gasteiger partial charge on any atom is -0.354 e. The van der Waals surface area contributed by atoms with Crippen LogP contribution in [-0.4, -0.2) is 50.5 Å². The van der Waals surface area contributed by atoms with Crippen molar-refractivity contribution in [3.63, 3.8) is 0 Å². The van der Waals surface area contributed by atoms with Gasteiger partial charge in [-0.05, 0) is 55.7 Å². The molecule has 33 heavy (non-hydrogen) atoms. The fourth-order valence-electron chi connectivity index (χ4n) is 3.21. The fourth-order valence-corrected chi connectivity index (χ4v) is 4.40. The predicted octanol–water partition coefficient (Wildman–Crippen LogP) is 4.01. The van der Waals surface area contributed by atoms with Crippen LogP contribution in [0.3, 0.4) is 0 Å². The molecule has 2 rings (SSSR count). The van der Waals surface area contributed by atoms with Crippen molar-refractivity contribution in [2.24, 2.45) is 0 Å². The molecule has 2 aromatic carbocycles. The Bertz CT molecular complexity index is 1090. The van der Waals surface area contributed by atoms with Gasteiger partial charge in [-0.15, -0.1) is 0 Å². The standard InChI is InChI=1S/C23H29Cl2N3O4S/c1-5-12-26-23(30)17(3)27(14-18-7-10-19(24)11-8-18)22(29)15-28(33(4,31)32)21-13-20(25)9-6-16(21)2/h6-11,13,17H,5,12,14-15H2,1-4H3,(H,26,30)/t17-/m0/s1. The molecule has 1 atom stereocenters. The molecule has 7 nitrogen and oxygen atoms in total. The normalized spacial score (nSPS) is 12.2. The van der Waals surface area contributed by atoms with Crippen LogP contribution in [0, 0.1) is 6.92 Å². The molecule has 0 saturated heterocycles. The molecule has 0 bridgehead atoms. The summed E-state index contributed by atoms with van der Waals surface area (Å²) in [5, 5.41) is 3.69. The van der Waals surface area contributed by atoms with Crippen LogP contribution in [0.15, 0.2) is 42.5 Å². The number of hydrogen-bond acceptors (Lipinski definition) is 4. The number of carbonyl (C=O) groups excluding carboxylic acids is 2. The van der Waals surface area contributed by atoms with Gasteiger partial charge in [-0.3, -0.25) is 13.9 Å². The molecule has 10 heteroatoms. The monoisotopic (exact) mass is 513 g/mol. The number of nitrogens with one attached hydrogen (secondary N) is 1. The first-order chi connectivity index (χ1) is 15.4. The molecule has 2 aromatic rings. The van der Waals surface area contributed by atoms with Crippen LogP contribution in [0.5, 0.6) is 0 Å². The van der Waals surface area contributed by atoms with Crippen LogP contribution in [-0.2, 0) is 26.2 Å². The van der Waals surface area contributed by atoms with E-state index in [0.29, 0.717) is 27.8 Å². The Morgan fingerprint density at radius 2 is 1.67 bits per heavy atom. The summed E-state index contributed by atoms with van der Waals surface area (Å²) in [6.07, 6.45) is 1.78. The van der Waals surface area contributed by atoms with Crippen molar-refractivity contribution < 1.29 is 18.0 Å². The van der Waals surface area contributed by atoms with E-state index >= 15 is 0 Å². The Kier molecular flexibility index (Phi) is 9.57. The maximum Gasteiger partial charge on any atom is 0.244 e. The Hall–Kier alpha value is -2.29. The van der Waals surface area contributed by atoms with E-state index in [1.54, 1.807) is 50.2 Å². The number of hydrogen-bond donors (Lipinski definition) is 1. The Labute approximate surface area is 205 Å². The quantitative estimate of drug-likeness (QED) is 0.519. The number of benzene rings is 2. The molecule has 180 valence electrons. The van der Waals surface area contributed by atoms with Crippen molar-refractivity contribution in [2.45, 2.75) is 39.8 Å². The van der Waals surface area contributed by atoms with Crippen molar-refractivity contribution in [1.82, 2.24) is 10.2 Å². The second-order valence-corrected chi connectivity index (χ2v) is 10.6. The fraction of sp³-hybridized carbons (Fsp3) is 0.391. The van der Waals surface area contributed by atoms with Crippen molar-refractivity contribution in [3.05, 3.63) is 63.6 Å². The van der Waals surface area contributed by atoms with Crippen molar-refractivity contribution in [2.75, 3.05) is 23.7 Å². The molecule has 0 aliphatic rings. The summed E-state index contributed by atoms with van der Waals surface area (Å²) in [5.41, 5.74) is 1.72. The molecule has 0 unspecified atom stereocenters. The number of amides is 2. The molecule has 2 amide bonds. The lowest BCUT2D eigenvalue weighted by atomic mass is 10.1. The first-order valence-electron chi connectivity index (χ1n) is 10.5. The van der Waals surface area contributed by atoms with E-state index in [9.17, 15) is 18.0 Å². The molecule has 0 fully saturated rings. The van der Waals surface area contributed by atoms with Gasteiger partial charge in [0.25, 0.3) is 0 Å². The van der Waals surface area contributed by atoms with Gasteiger partial charge < -0.3 is 10.2 Å². The highest BCUT2D eigenvalue weighted by Crippen LogP contribution is 2.26. The predicted molar refractivity (Wildman–Crippen MR) is 133 cm³/mol. The molecule has 0 radical (unpaired) electrons. The van der Waals surface area contributed by atoms with E-state index in [-0.39, 0.29) is 12.5 Å². The first-order valence-corrected chi connectivity index (χ1v) is 13.1. The van der Waals surface area contributed by atoms with Gasteiger partial charge in [-0.1, -0.05) is 48.3 Å². The van der Waals surface area contributed by atoms with Gasteiger partial charge in [0.1, 0.15) is 12.6 Å². The SMILES string of the molecule is CCCNC(=O)[C@H](C)N(Cc1ccc(Cl)cc1)C(=O)CN(c1cc(Cl)ccc1C)S(C)(=O)=O. The number of anilines is 1. The second kappa shape index (κ2) is 11.7. The highest BCUT2D eigenvalue weighted by molar-refractivity contribution is 7.92. The van der Waals surface area contributed by atoms with Crippen LogP contribution in [0.1, 0.15) is 31.4 Å². The first kappa shape index (κ1) is 27.0. The van der Waals surface area contributed by atoms with Gasteiger partial charge in [0.2, 0.25) is 21.8 Å². The van der Waals surface area contributed by atoms with Crippen LogP contribution in [0.25, 0.3) is 0 Å². The summed E-state index contributed by atoms with van der Waals surface area (Å²) in [6, 6.07) is 10.9. The summed E-state index contributed by atoms with van der Waals surface area (Å²) >= 11 is 12.1. The van der Waals surface area contributed by atoms with E-state index in [0.717, 1.165) is 22.5 Å². The lowest BCUT2D eigenvalue weighted by Crippen LogP contribution is -2.51. The van der Waals surface area contributed by atoms with Gasteiger partial charge in [-0.25, -0.2) is 8.42 Å². The number of halogens is 2. The van der Waals surface area contributed by atoms with Crippen molar-refractivity contribution >= 4 is 50.7 Å². The third-order valence-electron chi connectivity index (χ3n) is 5.10. The topological polar surface area (TPSA) is 86.8 Å². The van der Waals surface area contributed by atoms with Crippen LogP contribution >= 0.6 is 23.2 Å². The maximum atomic E-state index is 13.4. The van der Waals surface area contributed by atoms with Crippen LogP contribution in [0.2, 0.25) is 10.0 Å². The molecule has 0 aromatic heterocycles. The van der Waals surface area contributed by atoms with Gasteiger partial charge in [0, 0.05) is 23.1 Å². The molecular weight excluding hydrogens is 485 g/mol. The lowest BCUT2D eigenvalue weighted by molar-refractivity contribution is -0.139. The molecular formula is C23H29Cl2N3O4S. The Morgan fingerprint density at radius 1 is 1.06 bits per heavy atom. The minimum absolute atomic E-state index is 0.114. The third-order valence-corrected chi connectivity index (χ3v) is 6.72. The van der Waals surface area contributed by atoms with Gasteiger partial charge in [0.05, 0.1) is 11.9 Å². The van der Waals surface area contributed by atoms with Crippen molar-refractivity contribution in [3.8, 4) is 0 Å². The zero-order chi connectivity index (χ0) is 24.8. The average molecular weight is 514 g/mol. The van der Waals surface area contributed by atoms with Crippen LogP contribution < -0.4 is 9.62 Å². The Balaban J connectivity index is 2.40. The van der Waals surface area contributed by atoms with E-state index in [1.807, 2.05) is 6.92 Å². The number of sulfonamides is 1. The van der Waals surface area contributed by atoms with Crippen LogP contribution in [0.4, 0.5) is 5.69 Å². The van der Waals surface area contributed by atoms with E-state index in [4.69, 9.17) is 23.2 Å². The minimum atomic E-state index is -3.82. The number of carbonyl (C=O) groups is 2. The molecule has 0 heterocycles. The molecule has 0 aliphatic heterocycles. The summed E-state index contributed by atoms with van der Waals surface area (Å²) in [4.78, 5) is 27.5. The number of nitrogens with zero attached hydrogens (tertiary/aromatic N) is 2. The zero-order valence-electron chi connectivity index (χ0n) is 19.1. The summed E-state index contributed by atoms with van der Waals surface area (Å²) in [6.45, 7) is 5.40. The smallest absolute Gasteiger partial charge is 0.244 e. The summed E-state index contributed by atoms with van der Waals surface area (Å²) in [5.74, 6) is -0.835. The highest BCUT2D eigenvalue weighted by atomic mass is 35.5. The lowest BCUT2D eigenvalue weighted by Gasteiger charge is -2.32. The number of rotatable bonds is 10. The van der Waals surface area contributed by atoms with Gasteiger partial charge in [0.15, 0.2) is 0 Å².